The minimum atomic E-state index is 0.0928. The standard InChI is InChI=1S/C12H17N5O/c1-12(2,3)15-7-5-10-16-11(17-18-10)9-4-6-13-8-14-9/h4,6,8,15H,5,7H2,1-3H3. The highest BCUT2D eigenvalue weighted by atomic mass is 16.5. The van der Waals surface area contributed by atoms with Crippen LogP contribution in [0.5, 0.6) is 0 Å². The van der Waals surface area contributed by atoms with Crippen molar-refractivity contribution in [2.24, 2.45) is 0 Å². The fraction of sp³-hybridized carbons (Fsp3) is 0.500. The highest BCUT2D eigenvalue weighted by Gasteiger charge is 2.11. The topological polar surface area (TPSA) is 76.7 Å². The van der Waals surface area contributed by atoms with E-state index in [1.165, 1.54) is 6.33 Å². The van der Waals surface area contributed by atoms with E-state index in [0.29, 0.717) is 23.8 Å². The number of nitrogens with zero attached hydrogens (tertiary/aromatic N) is 4. The van der Waals surface area contributed by atoms with Crippen LogP contribution in [0.25, 0.3) is 11.5 Å². The summed E-state index contributed by atoms with van der Waals surface area (Å²) in [6.45, 7) is 7.16. The molecule has 0 aliphatic rings. The Morgan fingerprint density at radius 3 is 2.83 bits per heavy atom. The van der Waals surface area contributed by atoms with E-state index in [9.17, 15) is 0 Å². The van der Waals surface area contributed by atoms with E-state index in [2.05, 4.69) is 46.2 Å². The van der Waals surface area contributed by atoms with Crippen LogP contribution in [0.1, 0.15) is 26.7 Å². The third-order valence-electron chi connectivity index (χ3n) is 2.27. The van der Waals surface area contributed by atoms with Gasteiger partial charge in [0.15, 0.2) is 0 Å². The molecular weight excluding hydrogens is 230 g/mol. The molecule has 0 aliphatic heterocycles. The van der Waals surface area contributed by atoms with Crippen LogP contribution in [-0.4, -0.2) is 32.2 Å². The second kappa shape index (κ2) is 5.22. The molecule has 0 radical (unpaired) electrons. The van der Waals surface area contributed by atoms with Gasteiger partial charge in [0.1, 0.15) is 12.0 Å². The molecular formula is C12H17N5O. The normalized spacial score (nSPS) is 11.7. The van der Waals surface area contributed by atoms with Gasteiger partial charge in [0.05, 0.1) is 0 Å². The van der Waals surface area contributed by atoms with E-state index in [1.807, 2.05) is 0 Å². The molecule has 6 nitrogen and oxygen atoms in total. The van der Waals surface area contributed by atoms with Gasteiger partial charge in [-0.05, 0) is 26.8 Å². The average molecular weight is 247 g/mol. The van der Waals surface area contributed by atoms with Crippen LogP contribution in [0.4, 0.5) is 0 Å². The summed E-state index contributed by atoms with van der Waals surface area (Å²) >= 11 is 0. The molecule has 0 amide bonds. The monoisotopic (exact) mass is 247 g/mol. The largest absolute Gasteiger partial charge is 0.339 e. The Balaban J connectivity index is 1.95. The molecule has 18 heavy (non-hydrogen) atoms. The molecule has 0 saturated heterocycles. The van der Waals surface area contributed by atoms with Crippen molar-refractivity contribution in [3.05, 3.63) is 24.5 Å². The Bertz CT molecular complexity index is 489. The van der Waals surface area contributed by atoms with Gasteiger partial charge in [0.2, 0.25) is 11.7 Å². The highest BCUT2D eigenvalue weighted by Crippen LogP contribution is 2.11. The first-order valence-electron chi connectivity index (χ1n) is 5.88. The summed E-state index contributed by atoms with van der Waals surface area (Å²) in [5, 5.41) is 7.26. The Morgan fingerprint density at radius 2 is 2.17 bits per heavy atom. The molecule has 1 N–H and O–H groups in total. The van der Waals surface area contributed by atoms with E-state index in [4.69, 9.17) is 4.52 Å². The van der Waals surface area contributed by atoms with Gasteiger partial charge in [0.25, 0.3) is 0 Å². The minimum Gasteiger partial charge on any atom is -0.339 e. The van der Waals surface area contributed by atoms with Gasteiger partial charge in [-0.3, -0.25) is 0 Å². The molecule has 0 fully saturated rings. The average Bonchev–Trinajstić information content (AvgIpc) is 2.77. The molecule has 2 rings (SSSR count). The summed E-state index contributed by atoms with van der Waals surface area (Å²) in [6, 6.07) is 1.75. The maximum Gasteiger partial charge on any atom is 0.228 e. The van der Waals surface area contributed by atoms with E-state index in [1.54, 1.807) is 12.3 Å². The first kappa shape index (κ1) is 12.6. The Kier molecular flexibility index (Phi) is 3.66. The minimum absolute atomic E-state index is 0.0928. The molecule has 0 aromatic carbocycles. The zero-order chi connectivity index (χ0) is 13.0. The van der Waals surface area contributed by atoms with E-state index >= 15 is 0 Å². The predicted molar refractivity (Wildman–Crippen MR) is 66.8 cm³/mol. The predicted octanol–water partition coefficient (Wildman–Crippen LogP) is 1.46. The van der Waals surface area contributed by atoms with Crippen molar-refractivity contribution >= 4 is 0 Å². The SMILES string of the molecule is CC(C)(C)NCCc1nc(-c2ccncn2)no1. The van der Waals surface area contributed by atoms with Crippen LogP contribution in [0.15, 0.2) is 23.1 Å². The lowest BCUT2D eigenvalue weighted by molar-refractivity contribution is 0.362. The van der Waals surface area contributed by atoms with Crippen molar-refractivity contribution in [2.45, 2.75) is 32.7 Å². The van der Waals surface area contributed by atoms with Crippen molar-refractivity contribution in [2.75, 3.05) is 6.54 Å². The zero-order valence-corrected chi connectivity index (χ0v) is 10.8. The fourth-order valence-electron chi connectivity index (χ4n) is 1.43. The second-order valence-corrected chi connectivity index (χ2v) is 5.03. The molecule has 0 unspecified atom stereocenters. The number of hydrogen-bond acceptors (Lipinski definition) is 6. The van der Waals surface area contributed by atoms with E-state index in [-0.39, 0.29) is 5.54 Å². The molecule has 2 aromatic rings. The van der Waals surface area contributed by atoms with Gasteiger partial charge in [-0.15, -0.1) is 0 Å². The van der Waals surface area contributed by atoms with Gasteiger partial charge < -0.3 is 9.84 Å². The summed E-state index contributed by atoms with van der Waals surface area (Å²) in [5.41, 5.74) is 0.763. The first-order chi connectivity index (χ1) is 8.54. The molecule has 2 aromatic heterocycles. The molecule has 96 valence electrons. The van der Waals surface area contributed by atoms with Crippen LogP contribution in [-0.2, 0) is 6.42 Å². The number of hydrogen-bond donors (Lipinski definition) is 1. The van der Waals surface area contributed by atoms with Gasteiger partial charge >= 0.3 is 0 Å². The number of rotatable bonds is 4. The van der Waals surface area contributed by atoms with Crippen molar-refractivity contribution in [1.29, 1.82) is 0 Å². The van der Waals surface area contributed by atoms with E-state index < -0.39 is 0 Å². The molecule has 0 bridgehead atoms. The van der Waals surface area contributed by atoms with Crippen LogP contribution in [0.3, 0.4) is 0 Å². The number of nitrogens with one attached hydrogen (secondary N) is 1. The van der Waals surface area contributed by atoms with Crippen LogP contribution < -0.4 is 5.32 Å². The molecule has 0 aliphatic carbocycles. The Hall–Kier alpha value is -1.82. The summed E-state index contributed by atoms with van der Waals surface area (Å²) in [6.07, 6.45) is 3.82. The third kappa shape index (κ3) is 3.59. The zero-order valence-electron chi connectivity index (χ0n) is 10.8. The van der Waals surface area contributed by atoms with Crippen molar-refractivity contribution < 1.29 is 4.52 Å². The summed E-state index contributed by atoms with van der Waals surface area (Å²) in [5.74, 6) is 1.11. The molecule has 2 heterocycles. The maximum atomic E-state index is 5.17. The Labute approximate surface area is 106 Å². The fourth-order valence-corrected chi connectivity index (χ4v) is 1.43. The lowest BCUT2D eigenvalue weighted by Crippen LogP contribution is -2.37. The van der Waals surface area contributed by atoms with Crippen molar-refractivity contribution in [3.63, 3.8) is 0 Å². The van der Waals surface area contributed by atoms with Gasteiger partial charge in [-0.25, -0.2) is 9.97 Å². The van der Waals surface area contributed by atoms with Crippen LogP contribution in [0, 0.1) is 0 Å². The number of aromatic nitrogens is 4. The summed E-state index contributed by atoms with van der Waals surface area (Å²) in [7, 11) is 0. The Morgan fingerprint density at radius 1 is 1.33 bits per heavy atom. The first-order valence-corrected chi connectivity index (χ1v) is 5.88. The second-order valence-electron chi connectivity index (χ2n) is 5.03. The summed E-state index contributed by atoms with van der Waals surface area (Å²) in [4.78, 5) is 12.2. The molecule has 0 saturated carbocycles. The molecule has 0 atom stereocenters. The third-order valence-corrected chi connectivity index (χ3v) is 2.27. The van der Waals surface area contributed by atoms with Crippen molar-refractivity contribution in [3.8, 4) is 11.5 Å². The van der Waals surface area contributed by atoms with Crippen molar-refractivity contribution in [1.82, 2.24) is 25.4 Å². The quantitative estimate of drug-likeness (QED) is 0.881. The van der Waals surface area contributed by atoms with Gasteiger partial charge in [-0.1, -0.05) is 5.16 Å². The van der Waals surface area contributed by atoms with Crippen LogP contribution >= 0.6 is 0 Å². The smallest absolute Gasteiger partial charge is 0.228 e. The maximum absolute atomic E-state index is 5.17. The van der Waals surface area contributed by atoms with Gasteiger partial charge in [0, 0.05) is 24.7 Å². The molecule has 6 heteroatoms. The van der Waals surface area contributed by atoms with Gasteiger partial charge in [-0.2, -0.15) is 4.98 Å². The molecule has 0 spiro atoms. The lowest BCUT2D eigenvalue weighted by Gasteiger charge is -2.19. The lowest BCUT2D eigenvalue weighted by atomic mass is 10.1. The summed E-state index contributed by atoms with van der Waals surface area (Å²) < 4.78 is 5.17. The van der Waals surface area contributed by atoms with E-state index in [0.717, 1.165) is 6.54 Å². The van der Waals surface area contributed by atoms with Crippen LogP contribution in [0.2, 0.25) is 0 Å². The highest BCUT2D eigenvalue weighted by molar-refractivity contribution is 5.46.